The number of benzene rings is 1. The van der Waals surface area contributed by atoms with Gasteiger partial charge in [0.05, 0.1) is 39.6 Å². The monoisotopic (exact) mass is 605 g/mol. The number of hydrogen-bond donors (Lipinski definition) is 1. The molecule has 3 aromatic rings. The Morgan fingerprint density at radius 3 is 2.43 bits per heavy atom. The van der Waals surface area contributed by atoms with E-state index >= 15 is 0 Å². The van der Waals surface area contributed by atoms with Crippen molar-refractivity contribution in [3.8, 4) is 34.5 Å². The van der Waals surface area contributed by atoms with Crippen LogP contribution in [0.3, 0.4) is 0 Å². The van der Waals surface area contributed by atoms with Crippen molar-refractivity contribution in [3.05, 3.63) is 54.5 Å². The Bertz CT molecular complexity index is 1370. The van der Waals surface area contributed by atoms with Gasteiger partial charge in [-0.3, -0.25) is 4.79 Å². The normalized spacial score (nSPS) is 19.5. The largest absolute Gasteiger partial charge is 0.497 e. The van der Waals surface area contributed by atoms with Gasteiger partial charge in [-0.25, -0.2) is 15.0 Å². The molecule has 224 valence electrons. The van der Waals surface area contributed by atoms with Crippen LogP contribution in [0.1, 0.15) is 43.6 Å². The molecule has 0 amide bonds. The summed E-state index contributed by atoms with van der Waals surface area (Å²) >= 11 is 0. The maximum absolute atomic E-state index is 12.5. The fourth-order valence-electron chi connectivity index (χ4n) is 4.90. The SMILES string of the molecule is COc1ccc(-c2ncc(OCC(F)(F)F)cn2)c(OP2CCC(Oc3cc(C(CC(=O)O)C4CC4)ccn3)CC2)c1. The Hall–Kier alpha value is -3.66. The van der Waals surface area contributed by atoms with E-state index < -0.39 is 26.9 Å². The first-order valence-electron chi connectivity index (χ1n) is 13.6. The van der Waals surface area contributed by atoms with Gasteiger partial charge < -0.3 is 23.8 Å². The summed E-state index contributed by atoms with van der Waals surface area (Å²) < 4.78 is 60.1. The van der Waals surface area contributed by atoms with Crippen molar-refractivity contribution in [2.24, 2.45) is 5.92 Å². The number of alkyl halides is 3. The van der Waals surface area contributed by atoms with Crippen LogP contribution in [0.5, 0.6) is 23.1 Å². The van der Waals surface area contributed by atoms with Gasteiger partial charge in [0.15, 0.2) is 18.2 Å². The minimum atomic E-state index is -4.45. The molecule has 0 bridgehead atoms. The smallest absolute Gasteiger partial charge is 0.422 e. The summed E-state index contributed by atoms with van der Waals surface area (Å²) in [6.45, 7) is -1.42. The molecule has 1 aliphatic heterocycles. The third-order valence-electron chi connectivity index (χ3n) is 7.15. The van der Waals surface area contributed by atoms with Gasteiger partial charge in [0.2, 0.25) is 5.88 Å². The van der Waals surface area contributed by atoms with E-state index in [1.807, 2.05) is 12.1 Å². The lowest BCUT2D eigenvalue weighted by molar-refractivity contribution is -0.153. The number of ether oxygens (including phenoxy) is 3. The summed E-state index contributed by atoms with van der Waals surface area (Å²) in [4.78, 5) is 24.1. The fourth-order valence-corrected chi connectivity index (χ4v) is 6.89. The van der Waals surface area contributed by atoms with Crippen LogP contribution in [-0.4, -0.2) is 64.3 Å². The molecule has 0 spiro atoms. The van der Waals surface area contributed by atoms with E-state index in [2.05, 4.69) is 15.0 Å². The quantitative estimate of drug-likeness (QED) is 0.232. The van der Waals surface area contributed by atoms with Crippen LogP contribution in [-0.2, 0) is 4.79 Å². The van der Waals surface area contributed by atoms with Crippen LogP contribution in [0.25, 0.3) is 11.4 Å². The zero-order valence-electron chi connectivity index (χ0n) is 22.9. The second-order valence-corrected chi connectivity index (χ2v) is 12.4. The molecule has 1 aromatic carbocycles. The lowest BCUT2D eigenvalue weighted by atomic mass is 9.92. The summed E-state index contributed by atoms with van der Waals surface area (Å²) in [6.07, 6.45) is 4.89. The fraction of sp³-hybridized carbons (Fsp3) is 0.448. The average molecular weight is 606 g/mol. The minimum absolute atomic E-state index is 0.0231. The van der Waals surface area contributed by atoms with Crippen LogP contribution < -0.4 is 18.7 Å². The molecule has 3 heterocycles. The van der Waals surface area contributed by atoms with Crippen molar-refractivity contribution in [2.75, 3.05) is 26.0 Å². The molecule has 2 fully saturated rings. The Balaban J connectivity index is 1.20. The molecule has 1 unspecified atom stereocenters. The molecule has 9 nitrogen and oxygen atoms in total. The lowest BCUT2D eigenvalue weighted by Crippen LogP contribution is -2.25. The van der Waals surface area contributed by atoms with Gasteiger partial charge in [0.25, 0.3) is 0 Å². The molecule has 0 radical (unpaired) electrons. The van der Waals surface area contributed by atoms with Crippen molar-refractivity contribution in [2.45, 2.75) is 50.3 Å². The number of carboxylic acid groups (broad SMARTS) is 1. The number of methoxy groups -OCH3 is 1. The van der Waals surface area contributed by atoms with Gasteiger partial charge in [0, 0.05) is 30.7 Å². The van der Waals surface area contributed by atoms with Gasteiger partial charge in [0.1, 0.15) is 17.6 Å². The number of halogens is 3. The highest BCUT2D eigenvalue weighted by Crippen LogP contribution is 2.48. The second kappa shape index (κ2) is 13.1. The van der Waals surface area contributed by atoms with E-state index in [4.69, 9.17) is 18.7 Å². The van der Waals surface area contributed by atoms with Gasteiger partial charge >= 0.3 is 12.1 Å². The summed E-state index contributed by atoms with van der Waals surface area (Å²) in [5.74, 6) is 1.41. The van der Waals surface area contributed by atoms with E-state index in [1.165, 1.54) is 12.4 Å². The third kappa shape index (κ3) is 8.21. The first-order chi connectivity index (χ1) is 20.2. The van der Waals surface area contributed by atoms with Crippen LogP contribution >= 0.6 is 8.15 Å². The summed E-state index contributed by atoms with van der Waals surface area (Å²) in [5, 5.41) is 9.34. The highest BCUT2D eigenvalue weighted by molar-refractivity contribution is 7.53. The molecule has 13 heteroatoms. The standard InChI is InChI=1S/C29H31F3N3O6P/c1-38-21-4-5-23(28-34-15-22(16-35-28)39-17-29(30,31)32)25(13-21)41-42-10-7-20(8-11-42)40-26-12-19(6-9-33-26)24(14-27(36)37)18-2-3-18/h4-6,9,12-13,15-16,18,20,24H,2-3,7-8,10-11,14,17H2,1H3,(H,36,37). The van der Waals surface area contributed by atoms with Gasteiger partial charge in [-0.2, -0.15) is 13.2 Å². The number of aromatic nitrogens is 3. The number of pyridine rings is 1. The van der Waals surface area contributed by atoms with Crippen LogP contribution in [0.2, 0.25) is 0 Å². The summed E-state index contributed by atoms with van der Waals surface area (Å²) in [7, 11) is 0.697. The minimum Gasteiger partial charge on any atom is -0.497 e. The Morgan fingerprint density at radius 1 is 1.05 bits per heavy atom. The Kier molecular flexibility index (Phi) is 9.30. The lowest BCUT2D eigenvalue weighted by Gasteiger charge is -2.29. The van der Waals surface area contributed by atoms with Crippen LogP contribution in [0.15, 0.2) is 48.9 Å². The molecule has 2 aromatic heterocycles. The molecule has 1 atom stereocenters. The zero-order chi connectivity index (χ0) is 29.7. The Morgan fingerprint density at radius 2 is 1.79 bits per heavy atom. The van der Waals surface area contributed by atoms with Crippen LogP contribution in [0, 0.1) is 5.92 Å². The highest BCUT2D eigenvalue weighted by Gasteiger charge is 2.34. The van der Waals surface area contributed by atoms with Crippen molar-refractivity contribution in [3.63, 3.8) is 0 Å². The maximum atomic E-state index is 12.5. The molecular weight excluding hydrogens is 574 g/mol. The van der Waals surface area contributed by atoms with Crippen molar-refractivity contribution in [1.29, 1.82) is 0 Å². The molecule has 1 saturated heterocycles. The molecule has 1 saturated carbocycles. The van der Waals surface area contributed by atoms with Crippen LogP contribution in [0.4, 0.5) is 13.2 Å². The van der Waals surface area contributed by atoms with Crippen molar-refractivity contribution in [1.82, 2.24) is 15.0 Å². The first-order valence-corrected chi connectivity index (χ1v) is 15.3. The number of carbonyl (C=O) groups is 1. The molecule has 1 aliphatic carbocycles. The first kappa shape index (κ1) is 29.8. The average Bonchev–Trinajstić information content (AvgIpc) is 3.81. The van der Waals surface area contributed by atoms with Gasteiger partial charge in [-0.05, 0) is 61.3 Å². The number of hydrogen-bond acceptors (Lipinski definition) is 8. The van der Waals surface area contributed by atoms with Gasteiger partial charge in [-0.15, -0.1) is 0 Å². The maximum Gasteiger partial charge on any atom is 0.422 e. The highest BCUT2D eigenvalue weighted by atomic mass is 31.1. The van der Waals surface area contributed by atoms with Crippen molar-refractivity contribution >= 4 is 14.1 Å². The molecule has 42 heavy (non-hydrogen) atoms. The topological polar surface area (TPSA) is 113 Å². The van der Waals surface area contributed by atoms with E-state index in [0.717, 1.165) is 43.6 Å². The van der Waals surface area contributed by atoms with E-state index in [-0.39, 0.29) is 24.2 Å². The molecule has 1 N–H and O–H groups in total. The second-order valence-electron chi connectivity index (χ2n) is 10.3. The predicted molar refractivity (Wildman–Crippen MR) is 148 cm³/mol. The molecule has 5 rings (SSSR count). The summed E-state index contributed by atoms with van der Waals surface area (Å²) in [5.41, 5.74) is 1.55. The number of nitrogens with zero attached hydrogens (tertiary/aromatic N) is 3. The predicted octanol–water partition coefficient (Wildman–Crippen LogP) is 6.47. The van der Waals surface area contributed by atoms with E-state index in [1.54, 1.807) is 31.5 Å². The van der Waals surface area contributed by atoms with E-state index in [0.29, 0.717) is 34.7 Å². The molecule has 2 aliphatic rings. The van der Waals surface area contributed by atoms with E-state index in [9.17, 15) is 23.1 Å². The van der Waals surface area contributed by atoms with Gasteiger partial charge in [-0.1, -0.05) is 0 Å². The Labute approximate surface area is 242 Å². The number of carboxylic acids is 1. The zero-order valence-corrected chi connectivity index (χ0v) is 23.8. The molecular formula is C29H31F3N3O6P. The number of aliphatic carboxylic acids is 1. The third-order valence-corrected chi connectivity index (χ3v) is 9.12. The summed E-state index contributed by atoms with van der Waals surface area (Å²) in [6, 6.07) is 9.00. The number of rotatable bonds is 12. The van der Waals surface area contributed by atoms with Crippen molar-refractivity contribution < 1.29 is 41.8 Å².